The van der Waals surface area contributed by atoms with Crippen molar-refractivity contribution in [3.63, 3.8) is 0 Å². The summed E-state index contributed by atoms with van der Waals surface area (Å²) in [5, 5.41) is 2.81. The van der Waals surface area contributed by atoms with Gasteiger partial charge in [0, 0.05) is 11.4 Å². The van der Waals surface area contributed by atoms with Gasteiger partial charge in [-0.1, -0.05) is 11.6 Å². The first kappa shape index (κ1) is 14.5. The molecule has 0 aliphatic rings. The molecule has 0 saturated carbocycles. The molecular weight excluding hydrogens is 258 g/mol. The van der Waals surface area contributed by atoms with Crippen molar-refractivity contribution in [2.75, 3.05) is 13.2 Å². The van der Waals surface area contributed by atoms with Crippen molar-refractivity contribution >= 4 is 28.8 Å². The predicted molar refractivity (Wildman–Crippen MR) is 71.7 cm³/mol. The standard InChI is InChI=1S/C12H18ClNO2S/c1-12(2,3)16-8-11(15)14-7-6-9-4-5-10(13)17-9/h4-5H,6-8H2,1-3H3,(H,14,15). The molecule has 0 radical (unpaired) electrons. The van der Waals surface area contributed by atoms with E-state index in [0.29, 0.717) is 6.54 Å². The molecule has 1 amide bonds. The van der Waals surface area contributed by atoms with Crippen LogP contribution in [0.5, 0.6) is 0 Å². The van der Waals surface area contributed by atoms with E-state index < -0.39 is 0 Å². The second-order valence-electron chi connectivity index (χ2n) is 4.71. The molecule has 1 heterocycles. The van der Waals surface area contributed by atoms with Crippen LogP contribution in [-0.4, -0.2) is 24.7 Å². The smallest absolute Gasteiger partial charge is 0.246 e. The number of thiophene rings is 1. The Hall–Kier alpha value is -0.580. The first-order chi connectivity index (χ1) is 7.87. The molecule has 0 aliphatic heterocycles. The Bertz CT molecular complexity index is 371. The van der Waals surface area contributed by atoms with Gasteiger partial charge in [-0.2, -0.15) is 0 Å². The Kier molecular flexibility index (Phi) is 5.43. The number of hydrogen-bond donors (Lipinski definition) is 1. The van der Waals surface area contributed by atoms with Crippen LogP contribution in [0.2, 0.25) is 4.34 Å². The van der Waals surface area contributed by atoms with Crippen molar-refractivity contribution in [1.29, 1.82) is 0 Å². The van der Waals surface area contributed by atoms with Crippen LogP contribution in [0.4, 0.5) is 0 Å². The molecule has 0 unspecified atom stereocenters. The lowest BCUT2D eigenvalue weighted by Crippen LogP contribution is -2.33. The van der Waals surface area contributed by atoms with E-state index >= 15 is 0 Å². The third kappa shape index (κ3) is 6.66. The number of carbonyl (C=O) groups excluding carboxylic acids is 1. The van der Waals surface area contributed by atoms with Crippen LogP contribution in [0.1, 0.15) is 25.6 Å². The normalized spacial score (nSPS) is 11.5. The third-order valence-corrected chi connectivity index (χ3v) is 3.25. The topological polar surface area (TPSA) is 38.3 Å². The lowest BCUT2D eigenvalue weighted by Gasteiger charge is -2.18. The summed E-state index contributed by atoms with van der Waals surface area (Å²) in [6.45, 7) is 6.49. The first-order valence-electron chi connectivity index (χ1n) is 5.52. The quantitative estimate of drug-likeness (QED) is 0.897. The maximum atomic E-state index is 11.4. The highest BCUT2D eigenvalue weighted by atomic mass is 35.5. The number of rotatable bonds is 5. The van der Waals surface area contributed by atoms with E-state index in [9.17, 15) is 4.79 Å². The van der Waals surface area contributed by atoms with Crippen molar-refractivity contribution in [2.45, 2.75) is 32.8 Å². The van der Waals surface area contributed by atoms with E-state index in [4.69, 9.17) is 16.3 Å². The number of nitrogens with one attached hydrogen (secondary N) is 1. The molecule has 5 heteroatoms. The van der Waals surface area contributed by atoms with E-state index in [1.54, 1.807) is 0 Å². The summed E-state index contributed by atoms with van der Waals surface area (Å²) in [4.78, 5) is 12.6. The van der Waals surface area contributed by atoms with Crippen LogP contribution in [-0.2, 0) is 16.0 Å². The Morgan fingerprint density at radius 2 is 2.18 bits per heavy atom. The summed E-state index contributed by atoms with van der Waals surface area (Å²) < 4.78 is 6.15. The summed E-state index contributed by atoms with van der Waals surface area (Å²) in [6.07, 6.45) is 0.804. The molecule has 1 rings (SSSR count). The fourth-order valence-corrected chi connectivity index (χ4v) is 2.23. The number of amides is 1. The van der Waals surface area contributed by atoms with Crippen LogP contribution >= 0.6 is 22.9 Å². The van der Waals surface area contributed by atoms with Gasteiger partial charge in [-0.05, 0) is 39.3 Å². The second-order valence-corrected chi connectivity index (χ2v) is 6.51. The molecule has 0 atom stereocenters. The molecule has 1 aromatic rings. The molecule has 0 bridgehead atoms. The monoisotopic (exact) mass is 275 g/mol. The Morgan fingerprint density at radius 3 is 2.71 bits per heavy atom. The van der Waals surface area contributed by atoms with Crippen molar-refractivity contribution in [1.82, 2.24) is 5.32 Å². The van der Waals surface area contributed by atoms with Crippen LogP contribution < -0.4 is 5.32 Å². The van der Waals surface area contributed by atoms with E-state index in [1.165, 1.54) is 16.2 Å². The lowest BCUT2D eigenvalue weighted by atomic mass is 10.2. The van der Waals surface area contributed by atoms with E-state index in [2.05, 4.69) is 5.32 Å². The predicted octanol–water partition coefficient (Wildman–Crippen LogP) is 2.88. The largest absolute Gasteiger partial charge is 0.366 e. The summed E-state index contributed by atoms with van der Waals surface area (Å²) >= 11 is 7.35. The summed E-state index contributed by atoms with van der Waals surface area (Å²) in [5.74, 6) is -0.0809. The average molecular weight is 276 g/mol. The van der Waals surface area contributed by atoms with Gasteiger partial charge in [0.2, 0.25) is 5.91 Å². The molecule has 0 fully saturated rings. The molecule has 1 N–H and O–H groups in total. The molecule has 0 aliphatic carbocycles. The highest BCUT2D eigenvalue weighted by Gasteiger charge is 2.12. The van der Waals surface area contributed by atoms with Crippen molar-refractivity contribution in [3.05, 3.63) is 21.3 Å². The SMILES string of the molecule is CC(C)(C)OCC(=O)NCCc1ccc(Cl)s1. The van der Waals surface area contributed by atoms with Gasteiger partial charge >= 0.3 is 0 Å². The maximum Gasteiger partial charge on any atom is 0.246 e. The zero-order valence-electron chi connectivity index (χ0n) is 10.4. The summed E-state index contributed by atoms with van der Waals surface area (Å²) in [6, 6.07) is 3.84. The average Bonchev–Trinajstić information content (AvgIpc) is 2.60. The van der Waals surface area contributed by atoms with Crippen molar-refractivity contribution in [2.24, 2.45) is 0 Å². The van der Waals surface area contributed by atoms with E-state index in [-0.39, 0.29) is 18.1 Å². The van der Waals surface area contributed by atoms with Crippen LogP contribution in [0.15, 0.2) is 12.1 Å². The lowest BCUT2D eigenvalue weighted by molar-refractivity contribution is -0.130. The summed E-state index contributed by atoms with van der Waals surface area (Å²) in [5.41, 5.74) is -0.279. The van der Waals surface area contributed by atoms with E-state index in [1.807, 2.05) is 32.9 Å². The fraction of sp³-hybridized carbons (Fsp3) is 0.583. The molecule has 0 saturated heterocycles. The fourth-order valence-electron chi connectivity index (χ4n) is 1.14. The van der Waals surface area contributed by atoms with Gasteiger partial charge in [-0.15, -0.1) is 11.3 Å². The van der Waals surface area contributed by atoms with E-state index in [0.717, 1.165) is 10.8 Å². The zero-order valence-corrected chi connectivity index (χ0v) is 12.0. The van der Waals surface area contributed by atoms with Gasteiger partial charge in [0.15, 0.2) is 0 Å². The first-order valence-corrected chi connectivity index (χ1v) is 6.71. The highest BCUT2D eigenvalue weighted by molar-refractivity contribution is 7.16. The van der Waals surface area contributed by atoms with Gasteiger partial charge in [-0.25, -0.2) is 0 Å². The van der Waals surface area contributed by atoms with Gasteiger partial charge < -0.3 is 10.1 Å². The Morgan fingerprint density at radius 1 is 1.47 bits per heavy atom. The molecule has 0 spiro atoms. The molecular formula is C12H18ClNO2S. The van der Waals surface area contributed by atoms with Crippen LogP contribution in [0.3, 0.4) is 0 Å². The molecule has 3 nitrogen and oxygen atoms in total. The number of halogens is 1. The van der Waals surface area contributed by atoms with Crippen LogP contribution in [0.25, 0.3) is 0 Å². The molecule has 17 heavy (non-hydrogen) atoms. The summed E-state index contributed by atoms with van der Waals surface area (Å²) in [7, 11) is 0. The maximum absolute atomic E-state index is 11.4. The number of ether oxygens (including phenoxy) is 1. The Labute approximate surface area is 111 Å². The highest BCUT2D eigenvalue weighted by Crippen LogP contribution is 2.21. The van der Waals surface area contributed by atoms with Crippen molar-refractivity contribution in [3.8, 4) is 0 Å². The van der Waals surface area contributed by atoms with Gasteiger partial charge in [0.1, 0.15) is 6.61 Å². The van der Waals surface area contributed by atoms with Gasteiger partial charge in [0.25, 0.3) is 0 Å². The minimum Gasteiger partial charge on any atom is -0.366 e. The minimum absolute atomic E-state index is 0.0809. The van der Waals surface area contributed by atoms with Crippen LogP contribution in [0, 0.1) is 0 Å². The van der Waals surface area contributed by atoms with Gasteiger partial charge in [-0.3, -0.25) is 4.79 Å². The minimum atomic E-state index is -0.279. The molecule has 96 valence electrons. The third-order valence-electron chi connectivity index (χ3n) is 1.96. The second kappa shape index (κ2) is 6.38. The molecule has 1 aromatic heterocycles. The zero-order chi connectivity index (χ0) is 12.9. The molecule has 0 aromatic carbocycles. The van der Waals surface area contributed by atoms with Crippen molar-refractivity contribution < 1.29 is 9.53 Å². The Balaban J connectivity index is 2.16. The number of hydrogen-bond acceptors (Lipinski definition) is 3. The van der Waals surface area contributed by atoms with Gasteiger partial charge in [0.05, 0.1) is 9.94 Å². The number of carbonyl (C=O) groups is 1.